The first kappa shape index (κ1) is 14.8. The fourth-order valence-corrected chi connectivity index (χ4v) is 2.34. The standard InChI is InChI=1S/C14H18ClN3O2/c1-17-12-6-4-3-5-11(12)13(16-17)14(19)18(8-7-15)9-10-20-2/h3-6H,7-10H2,1-2H3. The highest BCUT2D eigenvalue weighted by atomic mass is 35.5. The van der Waals surface area contributed by atoms with Crippen LogP contribution in [0, 0.1) is 0 Å². The topological polar surface area (TPSA) is 47.4 Å². The summed E-state index contributed by atoms with van der Waals surface area (Å²) in [7, 11) is 3.44. The Morgan fingerprint density at radius 1 is 1.40 bits per heavy atom. The Morgan fingerprint density at radius 3 is 2.85 bits per heavy atom. The van der Waals surface area contributed by atoms with Crippen molar-refractivity contribution in [2.24, 2.45) is 7.05 Å². The van der Waals surface area contributed by atoms with Gasteiger partial charge in [-0.05, 0) is 6.07 Å². The first-order valence-corrected chi connectivity index (χ1v) is 6.98. The van der Waals surface area contributed by atoms with Gasteiger partial charge in [0.2, 0.25) is 0 Å². The highest BCUT2D eigenvalue weighted by molar-refractivity contribution is 6.18. The summed E-state index contributed by atoms with van der Waals surface area (Å²) in [6.45, 7) is 1.47. The third-order valence-electron chi connectivity index (χ3n) is 3.17. The minimum absolute atomic E-state index is 0.112. The van der Waals surface area contributed by atoms with Gasteiger partial charge in [-0.3, -0.25) is 9.48 Å². The average Bonchev–Trinajstić information content (AvgIpc) is 2.80. The highest BCUT2D eigenvalue weighted by Crippen LogP contribution is 2.18. The zero-order valence-electron chi connectivity index (χ0n) is 11.7. The van der Waals surface area contributed by atoms with E-state index < -0.39 is 0 Å². The number of fused-ring (bicyclic) bond motifs is 1. The second-order valence-electron chi connectivity index (χ2n) is 4.46. The number of carbonyl (C=O) groups excluding carboxylic acids is 1. The minimum atomic E-state index is -0.112. The van der Waals surface area contributed by atoms with Crippen LogP contribution in [0.5, 0.6) is 0 Å². The summed E-state index contributed by atoms with van der Waals surface area (Å²) in [5, 5.41) is 5.20. The van der Waals surface area contributed by atoms with Gasteiger partial charge in [0.05, 0.1) is 12.1 Å². The number of hydrogen-bond acceptors (Lipinski definition) is 3. The molecule has 0 radical (unpaired) electrons. The maximum atomic E-state index is 12.6. The number of amides is 1. The van der Waals surface area contributed by atoms with Crippen LogP contribution in [-0.4, -0.2) is 53.3 Å². The van der Waals surface area contributed by atoms with Crippen molar-refractivity contribution in [1.82, 2.24) is 14.7 Å². The third-order valence-corrected chi connectivity index (χ3v) is 3.34. The molecule has 2 rings (SSSR count). The molecule has 1 aromatic carbocycles. The van der Waals surface area contributed by atoms with Gasteiger partial charge < -0.3 is 9.64 Å². The number of benzene rings is 1. The van der Waals surface area contributed by atoms with Crippen LogP contribution in [-0.2, 0) is 11.8 Å². The number of rotatable bonds is 6. The first-order chi connectivity index (χ1) is 9.69. The molecular formula is C14H18ClN3O2. The Kier molecular flexibility index (Phi) is 4.98. The van der Waals surface area contributed by atoms with Crippen molar-refractivity contribution < 1.29 is 9.53 Å². The highest BCUT2D eigenvalue weighted by Gasteiger charge is 2.21. The molecule has 1 amide bonds. The molecule has 0 aliphatic rings. The smallest absolute Gasteiger partial charge is 0.275 e. The first-order valence-electron chi connectivity index (χ1n) is 6.45. The molecule has 0 saturated carbocycles. The molecule has 0 aliphatic carbocycles. The van der Waals surface area contributed by atoms with Gasteiger partial charge in [-0.2, -0.15) is 5.10 Å². The van der Waals surface area contributed by atoms with Gasteiger partial charge in [-0.25, -0.2) is 0 Å². The molecule has 1 heterocycles. The van der Waals surface area contributed by atoms with Crippen LogP contribution in [0.1, 0.15) is 10.5 Å². The summed E-state index contributed by atoms with van der Waals surface area (Å²) in [6, 6.07) is 7.69. The minimum Gasteiger partial charge on any atom is -0.383 e. The van der Waals surface area contributed by atoms with E-state index in [1.54, 1.807) is 16.7 Å². The van der Waals surface area contributed by atoms with Crippen molar-refractivity contribution in [2.45, 2.75) is 0 Å². The van der Waals surface area contributed by atoms with E-state index in [4.69, 9.17) is 16.3 Å². The quantitative estimate of drug-likeness (QED) is 0.765. The van der Waals surface area contributed by atoms with Crippen molar-refractivity contribution >= 4 is 28.4 Å². The predicted octanol–water partition coefficient (Wildman–Crippen LogP) is 1.90. The number of halogens is 1. The van der Waals surface area contributed by atoms with E-state index >= 15 is 0 Å². The second kappa shape index (κ2) is 6.72. The van der Waals surface area contributed by atoms with Crippen LogP contribution < -0.4 is 0 Å². The Hall–Kier alpha value is -1.59. The van der Waals surface area contributed by atoms with E-state index in [0.29, 0.717) is 31.3 Å². The van der Waals surface area contributed by atoms with Crippen LogP contribution in [0.2, 0.25) is 0 Å². The second-order valence-corrected chi connectivity index (χ2v) is 4.84. The van der Waals surface area contributed by atoms with Gasteiger partial charge in [0, 0.05) is 38.5 Å². The molecule has 5 nitrogen and oxygen atoms in total. The van der Waals surface area contributed by atoms with Gasteiger partial charge in [0.25, 0.3) is 5.91 Å². The van der Waals surface area contributed by atoms with Crippen LogP contribution in [0.15, 0.2) is 24.3 Å². The summed E-state index contributed by atoms with van der Waals surface area (Å²) in [4.78, 5) is 14.3. The van der Waals surface area contributed by atoms with Gasteiger partial charge in [0.15, 0.2) is 5.69 Å². The van der Waals surface area contributed by atoms with Crippen molar-refractivity contribution in [1.29, 1.82) is 0 Å². The average molecular weight is 296 g/mol. The number of methoxy groups -OCH3 is 1. The number of aryl methyl sites for hydroxylation is 1. The number of para-hydroxylation sites is 1. The van der Waals surface area contributed by atoms with Crippen molar-refractivity contribution in [3.63, 3.8) is 0 Å². The molecule has 0 unspecified atom stereocenters. The zero-order valence-corrected chi connectivity index (χ0v) is 12.4. The van der Waals surface area contributed by atoms with E-state index in [-0.39, 0.29) is 5.91 Å². The molecule has 108 valence electrons. The lowest BCUT2D eigenvalue weighted by atomic mass is 10.2. The predicted molar refractivity (Wildman–Crippen MR) is 79.2 cm³/mol. The van der Waals surface area contributed by atoms with E-state index in [1.165, 1.54) is 0 Å². The maximum absolute atomic E-state index is 12.6. The molecule has 20 heavy (non-hydrogen) atoms. The molecule has 2 aromatic rings. The van der Waals surface area contributed by atoms with Crippen LogP contribution >= 0.6 is 11.6 Å². The number of carbonyl (C=O) groups is 1. The lowest BCUT2D eigenvalue weighted by Gasteiger charge is -2.20. The molecule has 0 spiro atoms. The van der Waals surface area contributed by atoms with E-state index in [0.717, 1.165) is 10.9 Å². The van der Waals surface area contributed by atoms with E-state index in [1.807, 2.05) is 31.3 Å². The molecular weight excluding hydrogens is 278 g/mol. The van der Waals surface area contributed by atoms with E-state index in [9.17, 15) is 4.79 Å². The number of alkyl halides is 1. The molecule has 0 atom stereocenters. The maximum Gasteiger partial charge on any atom is 0.275 e. The summed E-state index contributed by atoms with van der Waals surface area (Å²) >= 11 is 5.77. The number of aromatic nitrogens is 2. The molecule has 0 aliphatic heterocycles. The monoisotopic (exact) mass is 295 g/mol. The summed E-state index contributed by atoms with van der Waals surface area (Å²) in [6.07, 6.45) is 0. The van der Waals surface area contributed by atoms with Crippen molar-refractivity contribution in [3.05, 3.63) is 30.0 Å². The Labute approximate surface area is 123 Å². The fourth-order valence-electron chi connectivity index (χ4n) is 2.14. The lowest BCUT2D eigenvalue weighted by molar-refractivity contribution is 0.0703. The summed E-state index contributed by atoms with van der Waals surface area (Å²) in [5.74, 6) is 0.278. The Morgan fingerprint density at radius 2 is 2.15 bits per heavy atom. The molecule has 0 saturated heterocycles. The zero-order chi connectivity index (χ0) is 14.5. The number of hydrogen-bond donors (Lipinski definition) is 0. The van der Waals surface area contributed by atoms with Gasteiger partial charge in [-0.1, -0.05) is 18.2 Å². The lowest BCUT2D eigenvalue weighted by Crippen LogP contribution is -2.35. The molecule has 6 heteroatoms. The summed E-state index contributed by atoms with van der Waals surface area (Å²) < 4.78 is 6.75. The van der Waals surface area contributed by atoms with Gasteiger partial charge in [-0.15, -0.1) is 11.6 Å². The van der Waals surface area contributed by atoms with E-state index in [2.05, 4.69) is 5.10 Å². The van der Waals surface area contributed by atoms with Crippen LogP contribution in [0.25, 0.3) is 10.9 Å². The van der Waals surface area contributed by atoms with Crippen LogP contribution in [0.4, 0.5) is 0 Å². The van der Waals surface area contributed by atoms with Gasteiger partial charge in [0.1, 0.15) is 0 Å². The molecule has 0 fully saturated rings. The van der Waals surface area contributed by atoms with Gasteiger partial charge >= 0.3 is 0 Å². The Balaban J connectivity index is 2.33. The number of nitrogens with zero attached hydrogens (tertiary/aromatic N) is 3. The van der Waals surface area contributed by atoms with Crippen LogP contribution in [0.3, 0.4) is 0 Å². The Bertz CT molecular complexity index is 597. The normalized spacial score (nSPS) is 10.9. The molecule has 0 bridgehead atoms. The molecule has 1 aromatic heterocycles. The van der Waals surface area contributed by atoms with Crippen molar-refractivity contribution in [3.8, 4) is 0 Å². The largest absolute Gasteiger partial charge is 0.383 e. The third kappa shape index (κ3) is 2.94. The number of ether oxygens (including phenoxy) is 1. The molecule has 0 N–H and O–H groups in total. The summed E-state index contributed by atoms with van der Waals surface area (Å²) in [5.41, 5.74) is 1.40. The SMILES string of the molecule is COCCN(CCCl)C(=O)c1nn(C)c2ccccc12. The van der Waals surface area contributed by atoms with Crippen molar-refractivity contribution in [2.75, 3.05) is 32.7 Å². The fraction of sp³-hybridized carbons (Fsp3) is 0.429.